The minimum absolute atomic E-state index is 0.0290. The molecule has 0 aromatic rings. The Hall–Kier alpha value is -0.570. The second-order valence-electron chi connectivity index (χ2n) is 5.03. The molecule has 0 aromatic heterocycles. The van der Waals surface area contributed by atoms with E-state index in [0.717, 1.165) is 31.8 Å². The molecule has 3 nitrogen and oxygen atoms in total. The van der Waals surface area contributed by atoms with Crippen LogP contribution >= 0.6 is 0 Å². The van der Waals surface area contributed by atoms with Crippen LogP contribution in [0.5, 0.6) is 0 Å². The van der Waals surface area contributed by atoms with E-state index in [4.69, 9.17) is 4.74 Å². The molecule has 0 atom stereocenters. The number of hydrogen-bond acceptors (Lipinski definition) is 3. The summed E-state index contributed by atoms with van der Waals surface area (Å²) in [6, 6.07) is 0. The molecule has 2 fully saturated rings. The van der Waals surface area contributed by atoms with Crippen molar-refractivity contribution in [1.29, 1.82) is 0 Å². The molecule has 0 aliphatic heterocycles. The Morgan fingerprint density at radius 2 is 2.20 bits per heavy atom. The molecule has 2 saturated carbocycles. The van der Waals surface area contributed by atoms with E-state index < -0.39 is 0 Å². The van der Waals surface area contributed by atoms with Gasteiger partial charge in [-0.25, -0.2) is 0 Å². The molecule has 2 rings (SSSR count). The number of esters is 1. The van der Waals surface area contributed by atoms with Crippen molar-refractivity contribution in [2.24, 2.45) is 11.3 Å². The molecule has 1 N–H and O–H groups in total. The van der Waals surface area contributed by atoms with Gasteiger partial charge in [-0.3, -0.25) is 4.79 Å². The highest BCUT2D eigenvalue weighted by atomic mass is 16.5. The fourth-order valence-corrected chi connectivity index (χ4v) is 2.24. The maximum Gasteiger partial charge on any atom is 0.313 e. The van der Waals surface area contributed by atoms with Crippen molar-refractivity contribution in [2.45, 2.75) is 38.5 Å². The zero-order valence-electron chi connectivity index (χ0n) is 9.55. The first kappa shape index (κ1) is 10.9. The van der Waals surface area contributed by atoms with E-state index >= 15 is 0 Å². The van der Waals surface area contributed by atoms with Crippen LogP contribution in [0.3, 0.4) is 0 Å². The van der Waals surface area contributed by atoms with Crippen molar-refractivity contribution in [2.75, 3.05) is 20.2 Å². The molecule has 0 heterocycles. The van der Waals surface area contributed by atoms with Crippen molar-refractivity contribution in [3.05, 3.63) is 0 Å². The number of ether oxygens (including phenoxy) is 1. The lowest BCUT2D eigenvalue weighted by Crippen LogP contribution is -2.32. The van der Waals surface area contributed by atoms with Gasteiger partial charge < -0.3 is 10.1 Å². The predicted octanol–water partition coefficient (Wildman–Crippen LogP) is 1.72. The van der Waals surface area contributed by atoms with E-state index in [0.29, 0.717) is 0 Å². The quantitative estimate of drug-likeness (QED) is 0.537. The highest BCUT2D eigenvalue weighted by molar-refractivity contribution is 5.80. The van der Waals surface area contributed by atoms with Crippen LogP contribution in [0.4, 0.5) is 0 Å². The summed E-state index contributed by atoms with van der Waals surface area (Å²) in [4.78, 5) is 11.4. The highest BCUT2D eigenvalue weighted by Crippen LogP contribution is 2.46. The highest BCUT2D eigenvalue weighted by Gasteiger charge is 2.50. The maximum atomic E-state index is 11.4. The van der Waals surface area contributed by atoms with Crippen LogP contribution in [0.1, 0.15) is 38.5 Å². The second kappa shape index (κ2) is 4.52. The minimum atomic E-state index is -0.158. The van der Waals surface area contributed by atoms with E-state index in [9.17, 15) is 4.79 Å². The summed E-state index contributed by atoms with van der Waals surface area (Å²) in [5.74, 6) is 0.921. The predicted molar refractivity (Wildman–Crippen MR) is 58.5 cm³/mol. The fourth-order valence-electron chi connectivity index (χ4n) is 2.24. The molecular weight excluding hydrogens is 190 g/mol. The Labute approximate surface area is 91.6 Å². The van der Waals surface area contributed by atoms with Gasteiger partial charge in [-0.2, -0.15) is 0 Å². The summed E-state index contributed by atoms with van der Waals surface area (Å²) in [7, 11) is 1.48. The normalized spacial score (nSPS) is 23.3. The zero-order valence-corrected chi connectivity index (χ0v) is 9.55. The van der Waals surface area contributed by atoms with Crippen molar-refractivity contribution in [1.82, 2.24) is 5.32 Å². The van der Waals surface area contributed by atoms with Crippen LogP contribution in [0.2, 0.25) is 0 Å². The largest absolute Gasteiger partial charge is 0.469 e. The molecule has 86 valence electrons. The van der Waals surface area contributed by atoms with Crippen molar-refractivity contribution < 1.29 is 9.53 Å². The van der Waals surface area contributed by atoms with Gasteiger partial charge in [-0.15, -0.1) is 0 Å². The molecule has 2 aliphatic carbocycles. The molecule has 0 bridgehead atoms. The van der Waals surface area contributed by atoms with Crippen LogP contribution in [0.15, 0.2) is 0 Å². The molecule has 0 spiro atoms. The summed E-state index contributed by atoms with van der Waals surface area (Å²) in [6.07, 6.45) is 7.49. The molecular formula is C12H21NO2. The Bertz CT molecular complexity index is 232. The van der Waals surface area contributed by atoms with E-state index in [1.165, 1.54) is 32.8 Å². The lowest BCUT2D eigenvalue weighted by molar-refractivity contribution is -0.146. The van der Waals surface area contributed by atoms with Gasteiger partial charge in [0.05, 0.1) is 12.5 Å². The molecule has 3 heteroatoms. The number of nitrogens with one attached hydrogen (secondary N) is 1. The molecule has 2 aliphatic rings. The molecule has 0 unspecified atom stereocenters. The smallest absolute Gasteiger partial charge is 0.313 e. The summed E-state index contributed by atoms with van der Waals surface area (Å²) in [6.45, 7) is 1.87. The first-order valence-electron chi connectivity index (χ1n) is 6.06. The number of hydrogen-bond donors (Lipinski definition) is 1. The molecule has 0 radical (unpaired) electrons. The van der Waals surface area contributed by atoms with Crippen LogP contribution in [0.25, 0.3) is 0 Å². The number of rotatable bonds is 6. The Balaban J connectivity index is 1.58. The SMILES string of the molecule is COC(=O)C1(CNCCC2CCC2)CC1. The van der Waals surface area contributed by atoms with Crippen molar-refractivity contribution >= 4 is 5.97 Å². The van der Waals surface area contributed by atoms with E-state index in [-0.39, 0.29) is 11.4 Å². The Morgan fingerprint density at radius 3 is 2.67 bits per heavy atom. The third kappa shape index (κ3) is 2.51. The maximum absolute atomic E-state index is 11.4. The van der Waals surface area contributed by atoms with Gasteiger partial charge in [-0.1, -0.05) is 19.3 Å². The molecule has 15 heavy (non-hydrogen) atoms. The van der Waals surface area contributed by atoms with Crippen LogP contribution < -0.4 is 5.32 Å². The lowest BCUT2D eigenvalue weighted by atomic mass is 9.83. The Morgan fingerprint density at radius 1 is 1.47 bits per heavy atom. The first-order chi connectivity index (χ1) is 7.27. The third-order valence-electron chi connectivity index (χ3n) is 3.89. The zero-order chi connectivity index (χ0) is 10.7. The summed E-state index contributed by atoms with van der Waals surface area (Å²) >= 11 is 0. The van der Waals surface area contributed by atoms with Gasteiger partial charge in [0.25, 0.3) is 0 Å². The standard InChI is InChI=1S/C12H21NO2/c1-15-11(14)12(6-7-12)9-13-8-5-10-3-2-4-10/h10,13H,2-9H2,1H3. The average molecular weight is 211 g/mol. The minimum Gasteiger partial charge on any atom is -0.469 e. The van der Waals surface area contributed by atoms with Gasteiger partial charge in [0.1, 0.15) is 0 Å². The topological polar surface area (TPSA) is 38.3 Å². The lowest BCUT2D eigenvalue weighted by Gasteiger charge is -2.25. The van der Waals surface area contributed by atoms with Crippen LogP contribution in [-0.4, -0.2) is 26.2 Å². The average Bonchev–Trinajstić information content (AvgIpc) is 2.95. The fraction of sp³-hybridized carbons (Fsp3) is 0.917. The molecule has 0 saturated heterocycles. The number of carbonyl (C=O) groups excluding carboxylic acids is 1. The number of carbonyl (C=O) groups is 1. The van der Waals surface area contributed by atoms with Gasteiger partial charge in [0.2, 0.25) is 0 Å². The monoisotopic (exact) mass is 211 g/mol. The molecule has 0 amide bonds. The van der Waals surface area contributed by atoms with Crippen molar-refractivity contribution in [3.63, 3.8) is 0 Å². The summed E-state index contributed by atoms with van der Waals surface area (Å²) in [5.41, 5.74) is -0.158. The summed E-state index contributed by atoms with van der Waals surface area (Å²) < 4.78 is 4.81. The third-order valence-corrected chi connectivity index (χ3v) is 3.89. The van der Waals surface area contributed by atoms with Crippen LogP contribution in [-0.2, 0) is 9.53 Å². The van der Waals surface area contributed by atoms with Crippen LogP contribution in [0, 0.1) is 11.3 Å². The van der Waals surface area contributed by atoms with E-state index in [1.807, 2.05) is 0 Å². The summed E-state index contributed by atoms with van der Waals surface area (Å²) in [5, 5.41) is 3.40. The Kier molecular flexibility index (Phi) is 3.29. The first-order valence-corrected chi connectivity index (χ1v) is 6.06. The van der Waals surface area contributed by atoms with Gasteiger partial charge in [-0.05, 0) is 31.7 Å². The van der Waals surface area contributed by atoms with Gasteiger partial charge in [0.15, 0.2) is 0 Å². The second-order valence-corrected chi connectivity index (χ2v) is 5.03. The van der Waals surface area contributed by atoms with E-state index in [2.05, 4.69) is 5.32 Å². The molecule has 0 aromatic carbocycles. The number of methoxy groups -OCH3 is 1. The van der Waals surface area contributed by atoms with E-state index in [1.54, 1.807) is 0 Å². The van der Waals surface area contributed by atoms with Crippen molar-refractivity contribution in [3.8, 4) is 0 Å². The van der Waals surface area contributed by atoms with Gasteiger partial charge >= 0.3 is 5.97 Å². The van der Waals surface area contributed by atoms with Gasteiger partial charge in [0, 0.05) is 6.54 Å².